The van der Waals surface area contributed by atoms with Crippen LogP contribution in [0.2, 0.25) is 0 Å². The van der Waals surface area contributed by atoms with Crippen LogP contribution in [0.1, 0.15) is 21.5 Å². The summed E-state index contributed by atoms with van der Waals surface area (Å²) in [6, 6.07) is 19.9. The lowest BCUT2D eigenvalue weighted by Crippen LogP contribution is -2.24. The first-order valence-electron chi connectivity index (χ1n) is 7.94. The van der Waals surface area contributed by atoms with E-state index in [0.717, 1.165) is 10.5 Å². The SMILES string of the molecule is Cc1ccc(Sc2cccc(CNC(=O)c3cccnc3N)c2)cc1. The Morgan fingerprint density at radius 2 is 1.88 bits per heavy atom. The Bertz CT molecular complexity index is 878. The van der Waals surface area contributed by atoms with Crippen LogP contribution in [0.15, 0.2) is 76.7 Å². The molecule has 4 nitrogen and oxygen atoms in total. The molecule has 0 saturated heterocycles. The third-order valence-corrected chi connectivity index (χ3v) is 4.69. The number of pyridine rings is 1. The lowest BCUT2D eigenvalue weighted by Gasteiger charge is -2.08. The zero-order chi connectivity index (χ0) is 17.6. The van der Waals surface area contributed by atoms with Gasteiger partial charge in [-0.25, -0.2) is 4.98 Å². The highest BCUT2D eigenvalue weighted by molar-refractivity contribution is 7.99. The van der Waals surface area contributed by atoms with Crippen LogP contribution in [0.5, 0.6) is 0 Å². The largest absolute Gasteiger partial charge is 0.383 e. The summed E-state index contributed by atoms with van der Waals surface area (Å²) in [7, 11) is 0. The summed E-state index contributed by atoms with van der Waals surface area (Å²) in [5.41, 5.74) is 8.41. The molecule has 1 aromatic heterocycles. The fourth-order valence-corrected chi connectivity index (χ4v) is 3.25. The smallest absolute Gasteiger partial charge is 0.255 e. The highest BCUT2D eigenvalue weighted by Gasteiger charge is 2.09. The minimum Gasteiger partial charge on any atom is -0.383 e. The summed E-state index contributed by atoms with van der Waals surface area (Å²) < 4.78 is 0. The molecule has 0 atom stereocenters. The topological polar surface area (TPSA) is 68.0 Å². The van der Waals surface area contributed by atoms with E-state index in [1.165, 1.54) is 10.5 Å². The fraction of sp³-hybridized carbons (Fsp3) is 0.100. The predicted octanol–water partition coefficient (Wildman–Crippen LogP) is 4.05. The van der Waals surface area contributed by atoms with Crippen molar-refractivity contribution < 1.29 is 4.79 Å². The van der Waals surface area contributed by atoms with Gasteiger partial charge >= 0.3 is 0 Å². The van der Waals surface area contributed by atoms with Crippen LogP contribution in [0, 0.1) is 6.92 Å². The summed E-state index contributed by atoms with van der Waals surface area (Å²) >= 11 is 1.70. The Hall–Kier alpha value is -2.79. The highest BCUT2D eigenvalue weighted by atomic mass is 32.2. The zero-order valence-electron chi connectivity index (χ0n) is 13.9. The Kier molecular flexibility index (Phi) is 5.36. The quantitative estimate of drug-likeness (QED) is 0.729. The van der Waals surface area contributed by atoms with Crippen molar-refractivity contribution in [2.45, 2.75) is 23.3 Å². The van der Waals surface area contributed by atoms with Crippen LogP contribution in [0.3, 0.4) is 0 Å². The molecule has 3 N–H and O–H groups in total. The van der Waals surface area contributed by atoms with Crippen molar-refractivity contribution >= 4 is 23.5 Å². The second-order valence-electron chi connectivity index (χ2n) is 5.68. The number of nitrogen functional groups attached to an aromatic ring is 1. The van der Waals surface area contributed by atoms with Crippen molar-refractivity contribution in [3.63, 3.8) is 0 Å². The number of anilines is 1. The van der Waals surface area contributed by atoms with Gasteiger partial charge in [0.15, 0.2) is 0 Å². The second kappa shape index (κ2) is 7.85. The van der Waals surface area contributed by atoms with Gasteiger partial charge in [0.05, 0.1) is 5.56 Å². The molecule has 5 heteroatoms. The van der Waals surface area contributed by atoms with Crippen molar-refractivity contribution in [2.75, 3.05) is 5.73 Å². The number of nitrogens with zero attached hydrogens (tertiary/aromatic N) is 1. The lowest BCUT2D eigenvalue weighted by atomic mass is 10.2. The van der Waals surface area contributed by atoms with Gasteiger partial charge in [-0.2, -0.15) is 0 Å². The van der Waals surface area contributed by atoms with Gasteiger partial charge in [-0.3, -0.25) is 4.79 Å². The Balaban J connectivity index is 1.64. The first kappa shape index (κ1) is 17.0. The number of hydrogen-bond acceptors (Lipinski definition) is 4. The summed E-state index contributed by atoms with van der Waals surface area (Å²) in [5, 5.41) is 2.89. The number of carbonyl (C=O) groups is 1. The number of nitrogens with one attached hydrogen (secondary N) is 1. The molecule has 0 radical (unpaired) electrons. The molecule has 1 heterocycles. The van der Waals surface area contributed by atoms with Crippen LogP contribution in [-0.2, 0) is 6.54 Å². The van der Waals surface area contributed by atoms with Crippen molar-refractivity contribution in [3.05, 3.63) is 83.6 Å². The van der Waals surface area contributed by atoms with Crippen molar-refractivity contribution in [1.82, 2.24) is 10.3 Å². The Morgan fingerprint density at radius 3 is 2.64 bits per heavy atom. The van der Waals surface area contributed by atoms with Gasteiger partial charge in [-0.1, -0.05) is 41.6 Å². The Morgan fingerprint density at radius 1 is 1.08 bits per heavy atom. The number of benzene rings is 2. The zero-order valence-corrected chi connectivity index (χ0v) is 14.7. The normalized spacial score (nSPS) is 10.4. The van der Waals surface area contributed by atoms with E-state index in [0.29, 0.717) is 12.1 Å². The van der Waals surface area contributed by atoms with Crippen LogP contribution in [-0.4, -0.2) is 10.9 Å². The average Bonchev–Trinajstić information content (AvgIpc) is 2.62. The summed E-state index contributed by atoms with van der Waals surface area (Å²) in [6.07, 6.45) is 1.57. The number of carbonyl (C=O) groups excluding carboxylic acids is 1. The summed E-state index contributed by atoms with van der Waals surface area (Å²) in [5.74, 6) is 0.0193. The first-order valence-corrected chi connectivity index (χ1v) is 8.75. The molecule has 0 spiro atoms. The van der Waals surface area contributed by atoms with E-state index >= 15 is 0 Å². The molecule has 3 aromatic rings. The third kappa shape index (κ3) is 4.61. The van der Waals surface area contributed by atoms with Gasteiger partial charge in [0.2, 0.25) is 0 Å². The number of hydrogen-bond donors (Lipinski definition) is 2. The van der Waals surface area contributed by atoms with Crippen LogP contribution < -0.4 is 11.1 Å². The van der Waals surface area contributed by atoms with E-state index in [2.05, 4.69) is 53.6 Å². The second-order valence-corrected chi connectivity index (χ2v) is 6.83. The van der Waals surface area contributed by atoms with Gasteiger partial charge in [-0.15, -0.1) is 0 Å². The molecule has 126 valence electrons. The summed E-state index contributed by atoms with van der Waals surface area (Å²) in [6.45, 7) is 2.52. The average molecular weight is 349 g/mol. The Labute approximate surface area is 151 Å². The molecule has 1 amide bonds. The maximum absolute atomic E-state index is 12.2. The standard InChI is InChI=1S/C20H19N3OS/c1-14-7-9-16(10-8-14)25-17-5-2-4-15(12-17)13-23-20(24)18-6-3-11-22-19(18)21/h2-12H,13H2,1H3,(H2,21,22)(H,23,24). The molecule has 2 aromatic carbocycles. The van der Waals surface area contributed by atoms with Gasteiger partial charge in [-0.05, 0) is 48.9 Å². The van der Waals surface area contributed by atoms with Crippen molar-refractivity contribution in [2.24, 2.45) is 0 Å². The lowest BCUT2D eigenvalue weighted by molar-refractivity contribution is 0.0951. The fourth-order valence-electron chi connectivity index (χ4n) is 2.35. The molecule has 0 unspecified atom stereocenters. The van der Waals surface area contributed by atoms with Gasteiger partial charge in [0.25, 0.3) is 5.91 Å². The minimum atomic E-state index is -0.220. The number of nitrogens with two attached hydrogens (primary N) is 1. The highest BCUT2D eigenvalue weighted by Crippen LogP contribution is 2.28. The molecule has 0 aliphatic carbocycles. The van der Waals surface area contributed by atoms with Crippen molar-refractivity contribution in [3.8, 4) is 0 Å². The molecule has 0 fully saturated rings. The maximum Gasteiger partial charge on any atom is 0.255 e. The van der Waals surface area contributed by atoms with Gasteiger partial charge in [0.1, 0.15) is 5.82 Å². The molecule has 3 rings (SSSR count). The van der Waals surface area contributed by atoms with E-state index in [4.69, 9.17) is 5.73 Å². The monoisotopic (exact) mass is 349 g/mol. The van der Waals surface area contributed by atoms with Gasteiger partial charge in [0, 0.05) is 22.5 Å². The van der Waals surface area contributed by atoms with Gasteiger partial charge < -0.3 is 11.1 Å². The van der Waals surface area contributed by atoms with E-state index in [9.17, 15) is 4.79 Å². The van der Waals surface area contributed by atoms with Crippen LogP contribution >= 0.6 is 11.8 Å². The molecule has 0 aliphatic heterocycles. The third-order valence-electron chi connectivity index (χ3n) is 3.69. The first-order chi connectivity index (χ1) is 12.1. The van der Waals surface area contributed by atoms with Crippen LogP contribution in [0.4, 0.5) is 5.82 Å². The number of amides is 1. The van der Waals surface area contributed by atoms with E-state index in [-0.39, 0.29) is 11.7 Å². The maximum atomic E-state index is 12.2. The van der Waals surface area contributed by atoms with E-state index in [1.54, 1.807) is 30.1 Å². The predicted molar refractivity (Wildman–Crippen MR) is 102 cm³/mol. The molecule has 0 aliphatic rings. The molecular formula is C20H19N3OS. The van der Waals surface area contributed by atoms with E-state index < -0.39 is 0 Å². The van der Waals surface area contributed by atoms with E-state index in [1.807, 2.05) is 12.1 Å². The summed E-state index contributed by atoms with van der Waals surface area (Å²) in [4.78, 5) is 18.5. The van der Waals surface area contributed by atoms with Crippen LogP contribution in [0.25, 0.3) is 0 Å². The molecule has 0 bridgehead atoms. The van der Waals surface area contributed by atoms with Crippen molar-refractivity contribution in [1.29, 1.82) is 0 Å². The number of rotatable bonds is 5. The molecular weight excluding hydrogens is 330 g/mol. The number of aryl methyl sites for hydroxylation is 1. The minimum absolute atomic E-state index is 0.220. The molecule has 0 saturated carbocycles. The number of aromatic nitrogens is 1. The molecule has 25 heavy (non-hydrogen) atoms.